The molecule has 0 heterocycles. The smallest absolute Gasteiger partial charge is 0.463 e. The normalized spacial score (nSPS) is 14.5. The van der Waals surface area contributed by atoms with Gasteiger partial charge in [-0.05, 0) is 44.9 Å². The summed E-state index contributed by atoms with van der Waals surface area (Å²) in [6, 6.07) is 0. The Morgan fingerprint density at radius 2 is 0.610 bits per heavy atom. The molecule has 0 saturated heterocycles. The van der Waals surface area contributed by atoms with Gasteiger partial charge in [-0.15, -0.1) is 0 Å². The molecular weight excluding hydrogens is 1030 g/mol. The van der Waals surface area contributed by atoms with Gasteiger partial charge in [0.25, 0.3) is 0 Å². The predicted molar refractivity (Wildman–Crippen MR) is 307 cm³/mol. The van der Waals surface area contributed by atoms with Gasteiger partial charge in [0.05, 0.1) is 26.4 Å². The highest BCUT2D eigenvalue weighted by atomic mass is 31.2. The predicted octanol–water partition coefficient (Wildman–Crippen LogP) is 16.0. The first-order chi connectivity index (χ1) is 37.2. The van der Waals surface area contributed by atoms with Gasteiger partial charge in [-0.1, -0.05) is 238 Å². The maximum atomic E-state index is 12.8. The second kappa shape index (κ2) is 54.9. The fourth-order valence-electron chi connectivity index (χ4n) is 8.68. The largest absolute Gasteiger partial charge is 0.472 e. The van der Waals surface area contributed by atoms with Gasteiger partial charge in [0.1, 0.15) is 25.4 Å². The fourth-order valence-corrected chi connectivity index (χ4v) is 10.3. The molecule has 5 atom stereocenters. The minimum absolute atomic E-state index is 0.115. The van der Waals surface area contributed by atoms with Gasteiger partial charge in [0, 0.05) is 19.3 Å². The number of hydrogen-bond donors (Lipinski definition) is 4. The second-order valence-electron chi connectivity index (χ2n) is 21.2. The molecular formula is C59H114O16P2. The van der Waals surface area contributed by atoms with E-state index in [2.05, 4.69) is 32.9 Å². The van der Waals surface area contributed by atoms with Crippen molar-refractivity contribution >= 4 is 33.6 Å². The van der Waals surface area contributed by atoms with Gasteiger partial charge in [-0.2, -0.15) is 0 Å². The molecule has 0 aliphatic carbocycles. The summed E-state index contributed by atoms with van der Waals surface area (Å²) in [5, 5.41) is 20.4. The molecule has 456 valence electrons. The molecule has 4 N–H and O–H groups in total. The Balaban J connectivity index is 4.64. The molecule has 0 amide bonds. The van der Waals surface area contributed by atoms with Crippen LogP contribution in [0.5, 0.6) is 0 Å². The number of rotatable bonds is 60. The number of ether oxygens (including phenoxy) is 3. The highest BCUT2D eigenvalue weighted by Crippen LogP contribution is 2.45. The van der Waals surface area contributed by atoms with E-state index in [1.54, 1.807) is 0 Å². The number of carbonyl (C=O) groups excluding carboxylic acids is 3. The van der Waals surface area contributed by atoms with Crippen molar-refractivity contribution in [3.63, 3.8) is 0 Å². The Bertz CT molecular complexity index is 1480. The molecule has 0 bridgehead atoms. The minimum atomic E-state index is -4.90. The monoisotopic (exact) mass is 1140 g/mol. The van der Waals surface area contributed by atoms with E-state index >= 15 is 0 Å². The van der Waals surface area contributed by atoms with Crippen molar-refractivity contribution in [2.24, 2.45) is 0 Å². The highest BCUT2D eigenvalue weighted by molar-refractivity contribution is 7.47. The van der Waals surface area contributed by atoms with Crippen LogP contribution in [0.4, 0.5) is 0 Å². The molecule has 0 spiro atoms. The van der Waals surface area contributed by atoms with E-state index in [1.165, 1.54) is 148 Å². The van der Waals surface area contributed by atoms with Gasteiger partial charge < -0.3 is 34.2 Å². The van der Waals surface area contributed by atoms with E-state index in [0.717, 1.165) is 83.5 Å². The Morgan fingerprint density at radius 3 is 0.948 bits per heavy atom. The Morgan fingerprint density at radius 1 is 0.351 bits per heavy atom. The molecule has 16 nitrogen and oxygen atoms in total. The standard InChI is InChI=1S/C59H114O16P2/c1-4-7-10-13-16-19-22-25-26-29-31-33-36-39-42-45-57(62)69-48-54(60)49-71-76(65,66)72-50-55(61)51-73-77(67,68)74-53-56(75-59(64)47-44-41-38-35-32-28-24-21-18-15-12-9-6-3)52-70-58(63)46-43-40-37-34-30-27-23-20-17-14-11-8-5-2/h25-26,54-56,60-61H,4-24,27-53H2,1-3H3,(H,65,66)(H,67,68)/b26-25-. The summed E-state index contributed by atoms with van der Waals surface area (Å²) in [6.45, 7) is 2.69. The van der Waals surface area contributed by atoms with Gasteiger partial charge in [-0.25, -0.2) is 9.13 Å². The van der Waals surface area contributed by atoms with Crippen molar-refractivity contribution in [2.75, 3.05) is 39.6 Å². The van der Waals surface area contributed by atoms with E-state index in [1.807, 2.05) is 0 Å². The van der Waals surface area contributed by atoms with Crippen LogP contribution in [0, 0.1) is 0 Å². The van der Waals surface area contributed by atoms with E-state index in [9.17, 15) is 43.5 Å². The summed E-state index contributed by atoms with van der Waals surface area (Å²) >= 11 is 0. The molecule has 0 radical (unpaired) electrons. The molecule has 0 aromatic carbocycles. The van der Waals surface area contributed by atoms with Crippen LogP contribution in [0.1, 0.15) is 290 Å². The number of aliphatic hydroxyl groups is 2. The van der Waals surface area contributed by atoms with Crippen LogP contribution in [-0.4, -0.2) is 95.9 Å². The average Bonchev–Trinajstić information content (AvgIpc) is 3.40. The summed E-state index contributed by atoms with van der Waals surface area (Å²) in [5.74, 6) is -1.56. The van der Waals surface area contributed by atoms with Crippen LogP contribution in [-0.2, 0) is 55.8 Å². The maximum Gasteiger partial charge on any atom is 0.472 e. The third-order valence-electron chi connectivity index (χ3n) is 13.5. The lowest BCUT2D eigenvalue weighted by Crippen LogP contribution is -2.30. The molecule has 0 aromatic heterocycles. The van der Waals surface area contributed by atoms with Crippen LogP contribution in [0.2, 0.25) is 0 Å². The number of hydrogen-bond acceptors (Lipinski definition) is 14. The number of carbonyl (C=O) groups is 3. The Kier molecular flexibility index (Phi) is 53.6. The lowest BCUT2D eigenvalue weighted by atomic mass is 10.0. The first-order valence-corrected chi connectivity index (χ1v) is 34.0. The summed E-state index contributed by atoms with van der Waals surface area (Å²) in [6.07, 6.45) is 45.6. The first kappa shape index (κ1) is 75.3. The van der Waals surface area contributed by atoms with Crippen molar-refractivity contribution in [1.82, 2.24) is 0 Å². The van der Waals surface area contributed by atoms with E-state index < -0.39 is 91.5 Å². The third-order valence-corrected chi connectivity index (χ3v) is 15.4. The van der Waals surface area contributed by atoms with E-state index in [0.29, 0.717) is 19.3 Å². The molecule has 0 rings (SSSR count). The summed E-state index contributed by atoms with van der Waals surface area (Å²) in [4.78, 5) is 58.1. The number of phosphoric acid groups is 2. The van der Waals surface area contributed by atoms with Gasteiger partial charge >= 0.3 is 33.6 Å². The number of esters is 3. The first-order valence-electron chi connectivity index (χ1n) is 31.0. The molecule has 0 fully saturated rings. The molecule has 0 aromatic rings. The third kappa shape index (κ3) is 56.0. The van der Waals surface area contributed by atoms with Crippen LogP contribution in [0.15, 0.2) is 12.2 Å². The zero-order valence-electron chi connectivity index (χ0n) is 48.9. The Labute approximate surface area is 468 Å². The van der Waals surface area contributed by atoms with Crippen molar-refractivity contribution in [1.29, 1.82) is 0 Å². The zero-order valence-corrected chi connectivity index (χ0v) is 50.7. The molecule has 0 saturated carbocycles. The number of aliphatic hydroxyl groups excluding tert-OH is 2. The van der Waals surface area contributed by atoms with Gasteiger partial charge in [-0.3, -0.25) is 32.5 Å². The topological polar surface area (TPSA) is 231 Å². The van der Waals surface area contributed by atoms with E-state index in [-0.39, 0.29) is 19.3 Å². The van der Waals surface area contributed by atoms with Crippen molar-refractivity contribution < 1.29 is 75.8 Å². The van der Waals surface area contributed by atoms with Crippen molar-refractivity contribution in [3.05, 3.63) is 12.2 Å². The van der Waals surface area contributed by atoms with Crippen LogP contribution >= 0.6 is 15.6 Å². The lowest BCUT2D eigenvalue weighted by molar-refractivity contribution is -0.161. The zero-order chi connectivity index (χ0) is 56.8. The SMILES string of the molecule is CCCCCCCC/C=C\CCCCCCCC(=O)OCC(O)COP(=O)(O)OCC(O)COP(=O)(O)OCC(COC(=O)CCCCCCCCCCCCCCC)OC(=O)CCCCCCCCCCCCCCC. The van der Waals surface area contributed by atoms with E-state index in [4.69, 9.17) is 32.3 Å². The highest BCUT2D eigenvalue weighted by Gasteiger charge is 2.29. The summed E-state index contributed by atoms with van der Waals surface area (Å²) in [5.41, 5.74) is 0. The Hall–Kier alpha value is -1.71. The summed E-state index contributed by atoms with van der Waals surface area (Å²) < 4.78 is 60.6. The number of allylic oxidation sites excluding steroid dienone is 2. The van der Waals surface area contributed by atoms with Crippen LogP contribution in [0.3, 0.4) is 0 Å². The van der Waals surface area contributed by atoms with Crippen molar-refractivity contribution in [2.45, 2.75) is 309 Å². The van der Waals surface area contributed by atoms with Crippen LogP contribution < -0.4 is 0 Å². The maximum absolute atomic E-state index is 12.8. The fraction of sp³-hybridized carbons (Fsp3) is 0.915. The lowest BCUT2D eigenvalue weighted by Gasteiger charge is -2.21. The molecule has 77 heavy (non-hydrogen) atoms. The molecule has 5 unspecified atom stereocenters. The average molecular weight is 1140 g/mol. The quantitative estimate of drug-likeness (QED) is 0.0146. The van der Waals surface area contributed by atoms with Crippen molar-refractivity contribution in [3.8, 4) is 0 Å². The van der Waals surface area contributed by atoms with Gasteiger partial charge in [0.15, 0.2) is 6.10 Å². The minimum Gasteiger partial charge on any atom is -0.463 e. The van der Waals surface area contributed by atoms with Crippen LogP contribution in [0.25, 0.3) is 0 Å². The second-order valence-corrected chi connectivity index (χ2v) is 24.1. The summed E-state index contributed by atoms with van der Waals surface area (Å²) in [7, 11) is -9.73. The molecule has 0 aliphatic heterocycles. The molecule has 0 aliphatic rings. The number of unbranched alkanes of at least 4 members (excludes halogenated alkanes) is 35. The number of phosphoric ester groups is 2. The van der Waals surface area contributed by atoms with Gasteiger partial charge in [0.2, 0.25) is 0 Å². The molecule has 18 heteroatoms.